The van der Waals surface area contributed by atoms with Crippen LogP contribution in [0.1, 0.15) is 37.8 Å². The number of amides is 1. The lowest BCUT2D eigenvalue weighted by Crippen LogP contribution is -2.30. The molecular weight excluding hydrogens is 346 g/mol. The Kier molecular flexibility index (Phi) is 6.53. The normalized spacial score (nSPS) is 15.5. The standard InChI is InChI=1S/C21H26ClN3O/c1-16(19-7-3-4-8-20(19)22)23-15-21(26)24-17-9-11-18(12-10-17)25-13-5-2-6-14-25/h3-4,7-12,16,23H,2,5-6,13-15H2,1H3,(H,24,26)/t16-/m0/s1. The zero-order valence-electron chi connectivity index (χ0n) is 15.2. The van der Waals surface area contributed by atoms with Gasteiger partial charge in [-0.15, -0.1) is 0 Å². The van der Waals surface area contributed by atoms with Gasteiger partial charge in [0.25, 0.3) is 0 Å². The molecule has 1 saturated heterocycles. The van der Waals surface area contributed by atoms with Crippen LogP contribution < -0.4 is 15.5 Å². The Morgan fingerprint density at radius 3 is 2.46 bits per heavy atom. The van der Waals surface area contributed by atoms with Gasteiger partial charge in [-0.2, -0.15) is 0 Å². The summed E-state index contributed by atoms with van der Waals surface area (Å²) in [6.45, 7) is 4.48. The first kappa shape index (κ1) is 18.7. The van der Waals surface area contributed by atoms with Crippen molar-refractivity contribution in [2.45, 2.75) is 32.2 Å². The van der Waals surface area contributed by atoms with Crippen molar-refractivity contribution < 1.29 is 4.79 Å². The number of nitrogens with zero attached hydrogens (tertiary/aromatic N) is 1. The Balaban J connectivity index is 1.49. The molecule has 1 amide bonds. The maximum Gasteiger partial charge on any atom is 0.238 e. The maximum absolute atomic E-state index is 12.2. The lowest BCUT2D eigenvalue weighted by molar-refractivity contribution is -0.115. The van der Waals surface area contributed by atoms with Gasteiger partial charge >= 0.3 is 0 Å². The topological polar surface area (TPSA) is 44.4 Å². The molecule has 2 aromatic carbocycles. The van der Waals surface area contributed by atoms with E-state index in [-0.39, 0.29) is 18.5 Å². The minimum absolute atomic E-state index is 0.0101. The maximum atomic E-state index is 12.2. The molecule has 0 saturated carbocycles. The molecule has 4 nitrogen and oxygen atoms in total. The molecule has 2 aromatic rings. The Hall–Kier alpha value is -2.04. The molecule has 5 heteroatoms. The number of hydrogen-bond acceptors (Lipinski definition) is 3. The fourth-order valence-corrected chi connectivity index (χ4v) is 3.59. The number of hydrogen-bond donors (Lipinski definition) is 2. The molecule has 0 bridgehead atoms. The SMILES string of the molecule is C[C@H](NCC(=O)Nc1ccc(N2CCCCC2)cc1)c1ccccc1Cl. The lowest BCUT2D eigenvalue weighted by atomic mass is 10.1. The summed E-state index contributed by atoms with van der Waals surface area (Å²) in [5.41, 5.74) is 3.05. The second-order valence-electron chi connectivity index (χ2n) is 6.77. The van der Waals surface area contributed by atoms with Crippen molar-refractivity contribution in [2.75, 3.05) is 29.9 Å². The molecule has 26 heavy (non-hydrogen) atoms. The largest absolute Gasteiger partial charge is 0.372 e. The van der Waals surface area contributed by atoms with Gasteiger partial charge in [-0.25, -0.2) is 0 Å². The Morgan fingerprint density at radius 2 is 1.77 bits per heavy atom. The molecule has 1 aliphatic heterocycles. The Bertz CT molecular complexity index is 726. The fraction of sp³-hybridized carbons (Fsp3) is 0.381. The summed E-state index contributed by atoms with van der Waals surface area (Å²) in [7, 11) is 0. The van der Waals surface area contributed by atoms with E-state index in [1.165, 1.54) is 24.9 Å². The van der Waals surface area contributed by atoms with Crippen molar-refractivity contribution in [1.29, 1.82) is 0 Å². The van der Waals surface area contributed by atoms with Crippen LogP contribution in [0.4, 0.5) is 11.4 Å². The average Bonchev–Trinajstić information content (AvgIpc) is 2.68. The number of halogens is 1. The van der Waals surface area contributed by atoms with Gasteiger partial charge in [0.15, 0.2) is 0 Å². The zero-order chi connectivity index (χ0) is 18.4. The van der Waals surface area contributed by atoms with E-state index in [1.807, 2.05) is 43.3 Å². The third-order valence-corrected chi connectivity index (χ3v) is 5.16. The third kappa shape index (κ3) is 4.99. The molecule has 3 rings (SSSR count). The molecule has 0 radical (unpaired) electrons. The summed E-state index contributed by atoms with van der Waals surface area (Å²) in [6.07, 6.45) is 3.84. The minimum Gasteiger partial charge on any atom is -0.372 e. The van der Waals surface area contributed by atoms with E-state index in [9.17, 15) is 4.79 Å². The van der Waals surface area contributed by atoms with Crippen molar-refractivity contribution >= 4 is 28.9 Å². The highest BCUT2D eigenvalue weighted by molar-refractivity contribution is 6.31. The van der Waals surface area contributed by atoms with Crippen LogP contribution in [-0.4, -0.2) is 25.5 Å². The Morgan fingerprint density at radius 1 is 1.08 bits per heavy atom. The molecule has 0 aromatic heterocycles. The summed E-state index contributed by atoms with van der Waals surface area (Å²) >= 11 is 6.20. The molecule has 1 atom stereocenters. The van der Waals surface area contributed by atoms with Gasteiger partial charge in [-0.3, -0.25) is 4.79 Å². The number of rotatable bonds is 6. The summed E-state index contributed by atoms with van der Waals surface area (Å²) in [4.78, 5) is 14.6. The van der Waals surface area contributed by atoms with E-state index in [0.717, 1.165) is 24.3 Å². The van der Waals surface area contributed by atoms with Crippen LogP contribution >= 0.6 is 11.6 Å². The fourth-order valence-electron chi connectivity index (χ4n) is 3.29. The van der Waals surface area contributed by atoms with Crippen LogP contribution in [0.3, 0.4) is 0 Å². The number of carbonyl (C=O) groups excluding carboxylic acids is 1. The highest BCUT2D eigenvalue weighted by Crippen LogP contribution is 2.23. The van der Waals surface area contributed by atoms with Gasteiger partial charge in [-0.1, -0.05) is 29.8 Å². The monoisotopic (exact) mass is 371 g/mol. The van der Waals surface area contributed by atoms with Gasteiger partial charge in [0.1, 0.15) is 0 Å². The smallest absolute Gasteiger partial charge is 0.238 e. The van der Waals surface area contributed by atoms with Crippen LogP contribution in [-0.2, 0) is 4.79 Å². The number of piperidine rings is 1. The highest BCUT2D eigenvalue weighted by Gasteiger charge is 2.12. The quantitative estimate of drug-likeness (QED) is 0.778. The average molecular weight is 372 g/mol. The van der Waals surface area contributed by atoms with Crippen LogP contribution in [0.15, 0.2) is 48.5 Å². The third-order valence-electron chi connectivity index (χ3n) is 4.81. The van der Waals surface area contributed by atoms with E-state index < -0.39 is 0 Å². The molecule has 1 heterocycles. The molecule has 1 aliphatic rings. The molecule has 1 fully saturated rings. The number of benzene rings is 2. The first-order valence-corrected chi connectivity index (χ1v) is 9.64. The molecule has 0 unspecified atom stereocenters. The van der Waals surface area contributed by atoms with Crippen molar-refractivity contribution in [3.05, 3.63) is 59.1 Å². The first-order valence-electron chi connectivity index (χ1n) is 9.26. The highest BCUT2D eigenvalue weighted by atomic mass is 35.5. The predicted octanol–water partition coefficient (Wildman–Crippen LogP) is 4.62. The van der Waals surface area contributed by atoms with Crippen LogP contribution in [0.25, 0.3) is 0 Å². The molecule has 0 aliphatic carbocycles. The van der Waals surface area contributed by atoms with Gasteiger partial charge in [0.05, 0.1) is 6.54 Å². The predicted molar refractivity (Wildman–Crippen MR) is 109 cm³/mol. The van der Waals surface area contributed by atoms with E-state index in [1.54, 1.807) is 0 Å². The van der Waals surface area contributed by atoms with Gasteiger partial charge in [0, 0.05) is 35.5 Å². The summed E-state index contributed by atoms with van der Waals surface area (Å²) in [5.74, 6) is -0.0605. The second kappa shape index (κ2) is 9.06. The Labute approximate surface area is 160 Å². The molecule has 2 N–H and O–H groups in total. The summed E-state index contributed by atoms with van der Waals surface area (Å²) in [5, 5.41) is 6.87. The van der Waals surface area contributed by atoms with Gasteiger partial charge < -0.3 is 15.5 Å². The van der Waals surface area contributed by atoms with Crippen molar-refractivity contribution in [1.82, 2.24) is 5.32 Å². The number of carbonyl (C=O) groups is 1. The van der Waals surface area contributed by atoms with E-state index in [2.05, 4.69) is 27.7 Å². The minimum atomic E-state index is -0.0605. The summed E-state index contributed by atoms with van der Waals surface area (Å²) < 4.78 is 0. The molecule has 0 spiro atoms. The van der Waals surface area contributed by atoms with E-state index >= 15 is 0 Å². The molecule has 138 valence electrons. The van der Waals surface area contributed by atoms with Gasteiger partial charge in [-0.05, 0) is 62.1 Å². The van der Waals surface area contributed by atoms with Crippen molar-refractivity contribution in [3.63, 3.8) is 0 Å². The zero-order valence-corrected chi connectivity index (χ0v) is 15.9. The number of nitrogens with one attached hydrogen (secondary N) is 2. The first-order chi connectivity index (χ1) is 12.6. The van der Waals surface area contributed by atoms with Crippen LogP contribution in [0.2, 0.25) is 5.02 Å². The van der Waals surface area contributed by atoms with Crippen LogP contribution in [0.5, 0.6) is 0 Å². The van der Waals surface area contributed by atoms with Gasteiger partial charge in [0.2, 0.25) is 5.91 Å². The summed E-state index contributed by atoms with van der Waals surface area (Å²) in [6, 6.07) is 15.8. The van der Waals surface area contributed by atoms with E-state index in [0.29, 0.717) is 5.02 Å². The van der Waals surface area contributed by atoms with Crippen molar-refractivity contribution in [2.24, 2.45) is 0 Å². The lowest BCUT2D eigenvalue weighted by Gasteiger charge is -2.28. The second-order valence-corrected chi connectivity index (χ2v) is 7.17. The van der Waals surface area contributed by atoms with Crippen molar-refractivity contribution in [3.8, 4) is 0 Å². The number of anilines is 2. The molecular formula is C21H26ClN3O. The van der Waals surface area contributed by atoms with E-state index in [4.69, 9.17) is 11.6 Å². The van der Waals surface area contributed by atoms with Crippen LogP contribution in [0, 0.1) is 0 Å².